The number of carbonyl (C=O) groups is 3. The van der Waals surface area contributed by atoms with Crippen LogP contribution in [0.2, 0.25) is 0 Å². The maximum atomic E-state index is 14.1. The van der Waals surface area contributed by atoms with Gasteiger partial charge in [0.15, 0.2) is 11.4 Å². The number of phenols is 1. The van der Waals surface area contributed by atoms with Gasteiger partial charge in [-0.15, -0.1) is 0 Å². The van der Waals surface area contributed by atoms with Crippen LogP contribution in [0.5, 0.6) is 5.75 Å². The first-order valence-electron chi connectivity index (χ1n) is 13.6. The second-order valence-electron chi connectivity index (χ2n) is 11.8. The first kappa shape index (κ1) is 30.7. The molecular formula is C29H32F3N3O8. The van der Waals surface area contributed by atoms with Gasteiger partial charge in [0.1, 0.15) is 22.8 Å². The molecule has 5 rings (SSSR count). The minimum absolute atomic E-state index is 0.0158. The van der Waals surface area contributed by atoms with Gasteiger partial charge in [0.25, 0.3) is 5.91 Å². The highest BCUT2D eigenvalue weighted by atomic mass is 19.4. The molecule has 1 fully saturated rings. The molecule has 0 bridgehead atoms. The molecule has 1 saturated carbocycles. The van der Waals surface area contributed by atoms with Gasteiger partial charge in [0, 0.05) is 42.3 Å². The van der Waals surface area contributed by atoms with Gasteiger partial charge in [-0.2, -0.15) is 13.2 Å². The highest BCUT2D eigenvalue weighted by Gasteiger charge is 2.68. The molecule has 0 aromatic heterocycles. The van der Waals surface area contributed by atoms with Gasteiger partial charge in [-0.25, -0.2) is 0 Å². The molecular weight excluding hydrogens is 575 g/mol. The zero-order valence-electron chi connectivity index (χ0n) is 23.5. The van der Waals surface area contributed by atoms with E-state index in [0.717, 1.165) is 6.08 Å². The van der Waals surface area contributed by atoms with E-state index in [1.54, 1.807) is 24.0 Å². The Morgan fingerprint density at radius 3 is 2.37 bits per heavy atom. The summed E-state index contributed by atoms with van der Waals surface area (Å²) in [6.45, 7) is 1.66. The molecule has 7 N–H and O–H groups in total. The highest BCUT2D eigenvalue weighted by molar-refractivity contribution is 6.24. The Balaban J connectivity index is 1.62. The highest BCUT2D eigenvalue weighted by Crippen LogP contribution is 2.56. The third-order valence-electron chi connectivity index (χ3n) is 9.26. The van der Waals surface area contributed by atoms with E-state index >= 15 is 0 Å². The minimum Gasteiger partial charge on any atom is -0.508 e. The fraction of sp³-hybridized carbons (Fsp3) is 0.483. The number of aromatic hydroxyl groups is 1. The van der Waals surface area contributed by atoms with Crippen LogP contribution in [0.1, 0.15) is 36.0 Å². The predicted molar refractivity (Wildman–Crippen MR) is 144 cm³/mol. The smallest absolute Gasteiger partial charge is 0.412 e. The SMILES string of the molecule is C[C@H]1c2ccc(CN3CC=C(C(F)(F)F)CC3)c(O)c2C(O)=C2C(=O)[C@]3(O)C(O)=C(C(N)=O)C(=O)[C@@H](N(C)C)[C@@H]3C(O)[C@@H]21. The maximum absolute atomic E-state index is 14.1. The summed E-state index contributed by atoms with van der Waals surface area (Å²) in [6.07, 6.45) is -5.30. The summed E-state index contributed by atoms with van der Waals surface area (Å²) in [7, 11) is 2.84. The lowest BCUT2D eigenvalue weighted by atomic mass is 9.54. The summed E-state index contributed by atoms with van der Waals surface area (Å²) >= 11 is 0. The van der Waals surface area contributed by atoms with Crippen LogP contribution in [-0.2, 0) is 20.9 Å². The number of benzene rings is 1. The number of hydrogen-bond acceptors (Lipinski definition) is 10. The molecule has 1 aliphatic heterocycles. The fourth-order valence-electron chi connectivity index (χ4n) is 7.14. The van der Waals surface area contributed by atoms with Crippen LogP contribution in [-0.4, -0.2) is 104 Å². The topological polar surface area (TPSA) is 185 Å². The van der Waals surface area contributed by atoms with Gasteiger partial charge < -0.3 is 31.3 Å². The Labute approximate surface area is 244 Å². The second kappa shape index (κ2) is 10.2. The lowest BCUT2D eigenvalue weighted by Crippen LogP contribution is -2.70. The van der Waals surface area contributed by atoms with Crippen molar-refractivity contribution in [3.63, 3.8) is 0 Å². The number of nitrogens with two attached hydrogens (primary N) is 1. The van der Waals surface area contributed by atoms with Crippen molar-refractivity contribution >= 4 is 23.2 Å². The molecule has 14 heteroatoms. The summed E-state index contributed by atoms with van der Waals surface area (Å²) < 4.78 is 39.1. The Bertz CT molecular complexity index is 1530. The average Bonchev–Trinajstić information content (AvgIpc) is 2.91. The van der Waals surface area contributed by atoms with Crippen molar-refractivity contribution in [1.82, 2.24) is 9.80 Å². The number of Topliss-reactive ketones (excluding diaryl/α,β-unsaturated/α-hetero) is 2. The minimum atomic E-state index is -4.43. The van der Waals surface area contributed by atoms with Gasteiger partial charge in [-0.05, 0) is 32.0 Å². The number of ketones is 2. The van der Waals surface area contributed by atoms with E-state index in [0.29, 0.717) is 5.56 Å². The summed E-state index contributed by atoms with van der Waals surface area (Å²) in [5.74, 6) is -9.83. The second-order valence-corrected chi connectivity index (χ2v) is 11.8. The standard InChI is InChI=1S/C29H32F3N3O8/c1-11-14-5-4-12(10-35-8-6-13(7-9-35)29(30,31)32)21(36)16(14)22(37)17-15(11)23(38)19-20(34(2)3)24(39)18(27(33)42)26(41)28(19,43)25(17)40/h4-6,11,15,19-20,23,36-38,41,43H,7-10H2,1-3H3,(H2,33,42)/t11-,15+,19+,20-,23?,28-/m0/s1. The zero-order chi connectivity index (χ0) is 31.9. The Morgan fingerprint density at radius 1 is 1.19 bits per heavy atom. The van der Waals surface area contributed by atoms with Gasteiger partial charge in [-0.3, -0.25) is 24.2 Å². The van der Waals surface area contributed by atoms with Crippen molar-refractivity contribution in [2.75, 3.05) is 27.2 Å². The molecule has 3 aliphatic carbocycles. The van der Waals surface area contributed by atoms with E-state index < -0.39 is 93.1 Å². The number of alkyl halides is 3. The molecule has 11 nitrogen and oxygen atoms in total. The number of carbonyl (C=O) groups excluding carboxylic acids is 3. The number of primary amides is 1. The van der Waals surface area contributed by atoms with Crippen molar-refractivity contribution in [3.05, 3.63) is 57.4 Å². The number of hydrogen-bond donors (Lipinski definition) is 6. The van der Waals surface area contributed by atoms with E-state index in [-0.39, 0.29) is 37.2 Å². The van der Waals surface area contributed by atoms with Crippen LogP contribution < -0.4 is 5.73 Å². The number of halogens is 3. The van der Waals surface area contributed by atoms with Gasteiger partial charge in [-0.1, -0.05) is 25.1 Å². The number of likely N-dealkylation sites (N-methyl/N-ethyl adjacent to an activating group) is 1. The number of amides is 1. The van der Waals surface area contributed by atoms with Crippen LogP contribution in [0.4, 0.5) is 13.2 Å². The molecule has 0 radical (unpaired) electrons. The van der Waals surface area contributed by atoms with Gasteiger partial charge in [0.05, 0.1) is 23.6 Å². The first-order chi connectivity index (χ1) is 19.9. The third-order valence-corrected chi connectivity index (χ3v) is 9.26. The summed E-state index contributed by atoms with van der Waals surface area (Å²) in [5, 5.41) is 57.1. The maximum Gasteiger partial charge on any atom is 0.412 e. The van der Waals surface area contributed by atoms with Crippen molar-refractivity contribution in [2.24, 2.45) is 17.6 Å². The van der Waals surface area contributed by atoms with Crippen LogP contribution in [0.25, 0.3) is 5.76 Å². The molecule has 43 heavy (non-hydrogen) atoms. The van der Waals surface area contributed by atoms with Crippen LogP contribution in [0.15, 0.2) is 40.7 Å². The molecule has 4 aliphatic rings. The normalized spacial score (nSPS) is 31.6. The lowest BCUT2D eigenvalue weighted by molar-refractivity contribution is -0.169. The van der Waals surface area contributed by atoms with Crippen molar-refractivity contribution in [3.8, 4) is 5.75 Å². The van der Waals surface area contributed by atoms with E-state index in [1.165, 1.54) is 19.0 Å². The largest absolute Gasteiger partial charge is 0.508 e. The molecule has 232 valence electrons. The van der Waals surface area contributed by atoms with E-state index in [9.17, 15) is 53.1 Å². The van der Waals surface area contributed by atoms with Crippen molar-refractivity contribution in [2.45, 2.75) is 49.7 Å². The molecule has 1 unspecified atom stereocenters. The van der Waals surface area contributed by atoms with E-state index in [2.05, 4.69) is 0 Å². The number of fused-ring (bicyclic) bond motifs is 3. The average molecular weight is 608 g/mol. The molecule has 0 saturated heterocycles. The van der Waals surface area contributed by atoms with E-state index in [1.807, 2.05) is 0 Å². The molecule has 0 spiro atoms. The number of aliphatic hydroxyl groups is 4. The molecule has 6 atom stereocenters. The molecule has 1 aromatic carbocycles. The lowest BCUT2D eigenvalue weighted by Gasteiger charge is -2.53. The monoisotopic (exact) mass is 607 g/mol. The Hall–Kier alpha value is -3.72. The Kier molecular flexibility index (Phi) is 7.28. The summed E-state index contributed by atoms with van der Waals surface area (Å²) in [4.78, 5) is 42.4. The van der Waals surface area contributed by atoms with Crippen molar-refractivity contribution in [1.29, 1.82) is 0 Å². The van der Waals surface area contributed by atoms with Crippen molar-refractivity contribution < 1.29 is 53.1 Å². The summed E-state index contributed by atoms with van der Waals surface area (Å²) in [6, 6.07) is 1.66. The Morgan fingerprint density at radius 2 is 1.84 bits per heavy atom. The number of nitrogens with zero attached hydrogens (tertiary/aromatic N) is 2. The van der Waals surface area contributed by atoms with Gasteiger partial charge in [0.2, 0.25) is 5.78 Å². The molecule has 1 aromatic rings. The number of phenolic OH excluding ortho intramolecular Hbond substituents is 1. The van der Waals surface area contributed by atoms with Gasteiger partial charge >= 0.3 is 6.18 Å². The quantitative estimate of drug-likeness (QED) is 0.215. The van der Waals surface area contributed by atoms with Crippen LogP contribution in [0, 0.1) is 11.8 Å². The predicted octanol–water partition coefficient (Wildman–Crippen LogP) is 1.19. The number of rotatable bonds is 4. The van der Waals surface area contributed by atoms with Crippen LogP contribution in [0.3, 0.4) is 0 Å². The number of aliphatic hydroxyl groups excluding tert-OH is 3. The molecule has 1 amide bonds. The fourth-order valence-corrected chi connectivity index (χ4v) is 7.14. The first-order valence-corrected chi connectivity index (χ1v) is 13.6. The molecule has 1 heterocycles. The third kappa shape index (κ3) is 4.38. The van der Waals surface area contributed by atoms with E-state index in [4.69, 9.17) is 5.73 Å². The summed E-state index contributed by atoms with van der Waals surface area (Å²) in [5.41, 5.74) is 0.555. The van der Waals surface area contributed by atoms with Crippen LogP contribution >= 0.6 is 0 Å². The zero-order valence-corrected chi connectivity index (χ0v) is 23.5.